The number of carbonyl (C=O) groups excluding carboxylic acids is 1. The van der Waals surface area contributed by atoms with Crippen molar-refractivity contribution in [1.29, 1.82) is 0 Å². The molecule has 31 heavy (non-hydrogen) atoms. The third-order valence-corrected chi connectivity index (χ3v) is 7.05. The first kappa shape index (κ1) is 21.8. The number of benzene rings is 2. The van der Waals surface area contributed by atoms with E-state index in [9.17, 15) is 13.2 Å². The van der Waals surface area contributed by atoms with Crippen molar-refractivity contribution in [2.24, 2.45) is 5.92 Å². The molecule has 2 aromatic carbocycles. The molecule has 4 rings (SSSR count). The van der Waals surface area contributed by atoms with Crippen molar-refractivity contribution in [2.45, 2.75) is 37.6 Å². The molecule has 1 amide bonds. The van der Waals surface area contributed by atoms with Gasteiger partial charge < -0.3 is 9.64 Å². The molecule has 3 atom stereocenters. The standard InChI is InChI=1S/C24H30N2O4S/c1-30-23-12-6-5-11-20(23)18-9-3-4-10-19(18)21-16-22(21)24(27)26-14-7-8-17(13-15-26)25-31(2,28)29/h3-6,9-12,17,21-22,25H,7-8,13-16H2,1-2H3/t17-,21+,22-/m1/s1. The van der Waals surface area contributed by atoms with E-state index in [1.165, 1.54) is 11.8 Å². The molecule has 1 aliphatic carbocycles. The van der Waals surface area contributed by atoms with Crippen LogP contribution in [0, 0.1) is 5.92 Å². The summed E-state index contributed by atoms with van der Waals surface area (Å²) in [6.07, 6.45) is 4.28. The Bertz CT molecular complexity index is 1050. The van der Waals surface area contributed by atoms with Gasteiger partial charge in [-0.05, 0) is 48.8 Å². The summed E-state index contributed by atoms with van der Waals surface area (Å²) < 4.78 is 31.3. The highest BCUT2D eigenvalue weighted by atomic mass is 32.2. The Morgan fingerprint density at radius 1 is 1.03 bits per heavy atom. The Balaban J connectivity index is 1.47. The summed E-state index contributed by atoms with van der Waals surface area (Å²) in [7, 11) is -1.55. The van der Waals surface area contributed by atoms with E-state index >= 15 is 0 Å². The van der Waals surface area contributed by atoms with Gasteiger partial charge in [-0.1, -0.05) is 42.5 Å². The molecule has 166 valence electrons. The fourth-order valence-electron chi connectivity index (χ4n) is 4.72. The van der Waals surface area contributed by atoms with E-state index in [0.717, 1.165) is 36.1 Å². The monoisotopic (exact) mass is 442 g/mol. The van der Waals surface area contributed by atoms with Gasteiger partial charge in [0.15, 0.2) is 0 Å². The maximum absolute atomic E-state index is 13.2. The molecule has 1 saturated carbocycles. The van der Waals surface area contributed by atoms with Crippen molar-refractivity contribution in [1.82, 2.24) is 9.62 Å². The van der Waals surface area contributed by atoms with Gasteiger partial charge in [0.25, 0.3) is 0 Å². The topological polar surface area (TPSA) is 75.7 Å². The van der Waals surface area contributed by atoms with Gasteiger partial charge in [0.05, 0.1) is 13.4 Å². The van der Waals surface area contributed by atoms with Gasteiger partial charge in [0.1, 0.15) is 5.75 Å². The van der Waals surface area contributed by atoms with Crippen LogP contribution in [0.5, 0.6) is 5.75 Å². The van der Waals surface area contributed by atoms with Crippen molar-refractivity contribution in [2.75, 3.05) is 26.5 Å². The summed E-state index contributed by atoms with van der Waals surface area (Å²) >= 11 is 0. The van der Waals surface area contributed by atoms with Gasteiger partial charge in [-0.25, -0.2) is 13.1 Å². The summed E-state index contributed by atoms with van der Waals surface area (Å²) in [6.45, 7) is 1.29. The molecule has 0 aromatic heterocycles. The largest absolute Gasteiger partial charge is 0.496 e. The number of hydrogen-bond acceptors (Lipinski definition) is 4. The smallest absolute Gasteiger partial charge is 0.226 e. The molecule has 0 unspecified atom stereocenters. The first-order chi connectivity index (χ1) is 14.9. The SMILES string of the molecule is COc1ccccc1-c1ccccc1[C@@H]1C[C@H]1C(=O)N1CCC[C@@H](NS(C)(=O)=O)CC1. The van der Waals surface area contributed by atoms with Crippen LogP contribution in [0.2, 0.25) is 0 Å². The lowest BCUT2D eigenvalue weighted by molar-refractivity contribution is -0.132. The zero-order valence-corrected chi connectivity index (χ0v) is 18.9. The van der Waals surface area contributed by atoms with Crippen LogP contribution in [0.1, 0.15) is 37.2 Å². The molecule has 2 fully saturated rings. The summed E-state index contributed by atoms with van der Waals surface area (Å²) in [5.41, 5.74) is 3.36. The maximum Gasteiger partial charge on any atom is 0.226 e. The van der Waals surface area contributed by atoms with E-state index in [4.69, 9.17) is 4.74 Å². The molecule has 0 bridgehead atoms. The van der Waals surface area contributed by atoms with Gasteiger partial charge >= 0.3 is 0 Å². The Morgan fingerprint density at radius 3 is 2.48 bits per heavy atom. The van der Waals surface area contributed by atoms with Gasteiger partial charge in [-0.15, -0.1) is 0 Å². The van der Waals surface area contributed by atoms with Crippen LogP contribution in [-0.4, -0.2) is 51.7 Å². The highest BCUT2D eigenvalue weighted by molar-refractivity contribution is 7.88. The fourth-order valence-corrected chi connectivity index (χ4v) is 5.56. The van der Waals surface area contributed by atoms with Crippen molar-refractivity contribution in [3.05, 3.63) is 54.1 Å². The van der Waals surface area contributed by atoms with Crippen LogP contribution in [0.3, 0.4) is 0 Å². The van der Waals surface area contributed by atoms with E-state index in [2.05, 4.69) is 22.9 Å². The second-order valence-electron chi connectivity index (χ2n) is 8.58. The minimum absolute atomic E-state index is 0.00438. The average molecular weight is 443 g/mol. The molecular formula is C24H30N2O4S. The summed E-state index contributed by atoms with van der Waals surface area (Å²) in [4.78, 5) is 15.2. The van der Waals surface area contributed by atoms with Crippen LogP contribution >= 0.6 is 0 Å². The third-order valence-electron chi connectivity index (χ3n) is 6.29. The maximum atomic E-state index is 13.2. The molecule has 0 radical (unpaired) electrons. The highest BCUT2D eigenvalue weighted by Crippen LogP contribution is 2.52. The number of nitrogens with zero attached hydrogens (tertiary/aromatic N) is 1. The number of methoxy groups -OCH3 is 1. The number of rotatable bonds is 6. The van der Waals surface area contributed by atoms with Crippen molar-refractivity contribution in [3.8, 4) is 16.9 Å². The molecule has 1 N–H and O–H groups in total. The summed E-state index contributed by atoms with van der Waals surface area (Å²) in [6, 6.07) is 16.2. The van der Waals surface area contributed by atoms with Gasteiger partial charge in [-0.2, -0.15) is 0 Å². The number of sulfonamides is 1. The van der Waals surface area contributed by atoms with E-state index in [1.54, 1.807) is 7.11 Å². The predicted octanol–water partition coefficient (Wildman–Crippen LogP) is 3.40. The number of para-hydroxylation sites is 1. The second kappa shape index (κ2) is 9.01. The fraction of sp³-hybridized carbons (Fsp3) is 0.458. The Kier molecular flexibility index (Phi) is 6.34. The first-order valence-electron chi connectivity index (χ1n) is 10.9. The lowest BCUT2D eigenvalue weighted by Gasteiger charge is -2.21. The van der Waals surface area contributed by atoms with Crippen LogP contribution in [0.25, 0.3) is 11.1 Å². The van der Waals surface area contributed by atoms with Crippen LogP contribution < -0.4 is 9.46 Å². The minimum atomic E-state index is -3.23. The molecule has 7 heteroatoms. The molecular weight excluding hydrogens is 412 g/mol. The zero-order valence-electron chi connectivity index (χ0n) is 18.1. The van der Waals surface area contributed by atoms with Crippen molar-refractivity contribution < 1.29 is 17.9 Å². The summed E-state index contributed by atoms with van der Waals surface area (Å²) in [5.74, 6) is 1.23. The molecule has 1 heterocycles. The predicted molar refractivity (Wildman–Crippen MR) is 121 cm³/mol. The highest BCUT2D eigenvalue weighted by Gasteiger charge is 2.46. The number of likely N-dealkylation sites (tertiary alicyclic amines) is 1. The molecule has 2 aromatic rings. The van der Waals surface area contributed by atoms with Crippen LogP contribution in [0.15, 0.2) is 48.5 Å². The number of ether oxygens (including phenoxy) is 1. The quantitative estimate of drug-likeness (QED) is 0.744. The Labute approximate surface area is 184 Å². The van der Waals surface area contributed by atoms with Crippen LogP contribution in [0.4, 0.5) is 0 Å². The number of amides is 1. The third kappa shape index (κ3) is 5.10. The number of nitrogens with one attached hydrogen (secondary N) is 1. The van der Waals surface area contributed by atoms with E-state index in [1.807, 2.05) is 35.2 Å². The van der Waals surface area contributed by atoms with Gasteiger partial charge in [0.2, 0.25) is 15.9 Å². The van der Waals surface area contributed by atoms with Gasteiger partial charge in [-0.3, -0.25) is 4.79 Å². The molecule has 1 saturated heterocycles. The Morgan fingerprint density at radius 2 is 1.74 bits per heavy atom. The van der Waals surface area contributed by atoms with E-state index in [-0.39, 0.29) is 23.8 Å². The molecule has 6 nitrogen and oxygen atoms in total. The number of hydrogen-bond donors (Lipinski definition) is 1. The normalized spacial score (nSPS) is 23.8. The Hall–Kier alpha value is -2.38. The van der Waals surface area contributed by atoms with E-state index in [0.29, 0.717) is 19.5 Å². The molecule has 2 aliphatic rings. The molecule has 0 spiro atoms. The lowest BCUT2D eigenvalue weighted by atomic mass is 9.95. The van der Waals surface area contributed by atoms with E-state index < -0.39 is 10.0 Å². The minimum Gasteiger partial charge on any atom is -0.496 e. The lowest BCUT2D eigenvalue weighted by Crippen LogP contribution is -2.36. The van der Waals surface area contributed by atoms with Crippen molar-refractivity contribution >= 4 is 15.9 Å². The second-order valence-corrected chi connectivity index (χ2v) is 10.4. The van der Waals surface area contributed by atoms with Crippen molar-refractivity contribution in [3.63, 3.8) is 0 Å². The van der Waals surface area contributed by atoms with Gasteiger partial charge in [0, 0.05) is 30.6 Å². The number of carbonyl (C=O) groups is 1. The summed E-state index contributed by atoms with van der Waals surface area (Å²) in [5, 5.41) is 0. The van der Waals surface area contributed by atoms with Crippen LogP contribution in [-0.2, 0) is 14.8 Å². The average Bonchev–Trinajstić information content (AvgIpc) is 3.57. The molecule has 1 aliphatic heterocycles. The zero-order chi connectivity index (χ0) is 22.0. The first-order valence-corrected chi connectivity index (χ1v) is 12.7.